The standard InChI is InChI=1S/C15H19N3O2S/c1-18(10-9-13-5-3-2-4-6-13)21(19,20)15-8-7-14(11-16)12-17-15/h2-8,12H,9-11,16H2,1H3. The SMILES string of the molecule is CN(CCc1ccccc1)S(=O)(=O)c1ccc(CN)cn1. The fraction of sp³-hybridized carbons (Fsp3) is 0.267. The molecule has 21 heavy (non-hydrogen) atoms. The maximum Gasteiger partial charge on any atom is 0.260 e. The molecule has 0 atom stereocenters. The van der Waals surface area contributed by atoms with E-state index in [4.69, 9.17) is 5.73 Å². The van der Waals surface area contributed by atoms with Crippen molar-refractivity contribution < 1.29 is 8.42 Å². The molecule has 1 aromatic carbocycles. The Bertz CT molecular complexity index is 670. The third-order valence-corrected chi connectivity index (χ3v) is 5.04. The molecule has 0 saturated carbocycles. The number of nitrogens with two attached hydrogens (primary N) is 1. The number of likely N-dealkylation sites (N-methyl/N-ethyl adjacent to an activating group) is 1. The third-order valence-electron chi connectivity index (χ3n) is 3.27. The molecule has 0 unspecified atom stereocenters. The van der Waals surface area contributed by atoms with E-state index in [1.807, 2.05) is 30.3 Å². The Balaban J connectivity index is 2.07. The molecule has 0 fully saturated rings. The van der Waals surface area contributed by atoms with Gasteiger partial charge in [0.2, 0.25) is 0 Å². The van der Waals surface area contributed by atoms with Crippen LogP contribution in [0.15, 0.2) is 53.7 Å². The van der Waals surface area contributed by atoms with Gasteiger partial charge in [0, 0.05) is 26.3 Å². The Morgan fingerprint density at radius 1 is 1.10 bits per heavy atom. The van der Waals surface area contributed by atoms with Gasteiger partial charge in [0.05, 0.1) is 0 Å². The summed E-state index contributed by atoms with van der Waals surface area (Å²) >= 11 is 0. The van der Waals surface area contributed by atoms with Crippen LogP contribution in [0.4, 0.5) is 0 Å². The summed E-state index contributed by atoms with van der Waals surface area (Å²) in [4.78, 5) is 3.99. The van der Waals surface area contributed by atoms with E-state index in [0.29, 0.717) is 19.5 Å². The highest BCUT2D eigenvalue weighted by atomic mass is 32.2. The molecule has 0 saturated heterocycles. The molecular formula is C15H19N3O2S. The number of aromatic nitrogens is 1. The molecule has 2 rings (SSSR count). The van der Waals surface area contributed by atoms with Crippen molar-refractivity contribution in [3.05, 3.63) is 59.8 Å². The first-order valence-electron chi connectivity index (χ1n) is 6.69. The fourth-order valence-corrected chi connectivity index (χ4v) is 2.97. The van der Waals surface area contributed by atoms with Crippen molar-refractivity contribution in [2.75, 3.05) is 13.6 Å². The fourth-order valence-electron chi connectivity index (χ4n) is 1.90. The average Bonchev–Trinajstić information content (AvgIpc) is 2.53. The van der Waals surface area contributed by atoms with Crippen LogP contribution in [-0.4, -0.2) is 31.3 Å². The topological polar surface area (TPSA) is 76.3 Å². The summed E-state index contributed by atoms with van der Waals surface area (Å²) in [6, 6.07) is 13.0. The molecule has 1 aromatic heterocycles. The van der Waals surface area contributed by atoms with Crippen LogP contribution < -0.4 is 5.73 Å². The summed E-state index contributed by atoms with van der Waals surface area (Å²) in [6.45, 7) is 0.754. The van der Waals surface area contributed by atoms with Crippen molar-refractivity contribution in [3.63, 3.8) is 0 Å². The summed E-state index contributed by atoms with van der Waals surface area (Å²) in [7, 11) is -1.99. The summed E-state index contributed by atoms with van der Waals surface area (Å²) in [5.74, 6) is 0. The molecule has 2 aromatic rings. The average molecular weight is 305 g/mol. The Morgan fingerprint density at radius 3 is 2.38 bits per heavy atom. The van der Waals surface area contributed by atoms with Gasteiger partial charge in [-0.1, -0.05) is 36.4 Å². The van der Waals surface area contributed by atoms with E-state index in [-0.39, 0.29) is 5.03 Å². The minimum Gasteiger partial charge on any atom is -0.326 e. The number of hydrogen-bond donors (Lipinski definition) is 1. The van der Waals surface area contributed by atoms with Crippen molar-refractivity contribution in [2.24, 2.45) is 5.73 Å². The highest BCUT2D eigenvalue weighted by Gasteiger charge is 2.21. The maximum absolute atomic E-state index is 12.4. The first kappa shape index (κ1) is 15.6. The predicted molar refractivity (Wildman–Crippen MR) is 82.1 cm³/mol. The largest absolute Gasteiger partial charge is 0.326 e. The van der Waals surface area contributed by atoms with Gasteiger partial charge in [-0.2, -0.15) is 4.31 Å². The summed E-state index contributed by atoms with van der Waals surface area (Å²) in [5.41, 5.74) is 7.39. The number of benzene rings is 1. The quantitative estimate of drug-likeness (QED) is 0.875. The monoisotopic (exact) mass is 305 g/mol. The maximum atomic E-state index is 12.4. The van der Waals surface area contributed by atoms with Crippen LogP contribution in [0.3, 0.4) is 0 Å². The van der Waals surface area contributed by atoms with Gasteiger partial charge in [0.15, 0.2) is 5.03 Å². The van der Waals surface area contributed by atoms with Crippen molar-refractivity contribution >= 4 is 10.0 Å². The molecule has 112 valence electrons. The van der Waals surface area contributed by atoms with Gasteiger partial charge < -0.3 is 5.73 Å². The second-order valence-electron chi connectivity index (χ2n) is 4.77. The number of sulfonamides is 1. The van der Waals surface area contributed by atoms with Gasteiger partial charge >= 0.3 is 0 Å². The van der Waals surface area contributed by atoms with E-state index in [2.05, 4.69) is 4.98 Å². The minimum atomic E-state index is -3.55. The Labute approximate surface area is 125 Å². The van der Waals surface area contributed by atoms with E-state index < -0.39 is 10.0 Å². The smallest absolute Gasteiger partial charge is 0.260 e. The molecule has 2 N–H and O–H groups in total. The van der Waals surface area contributed by atoms with Crippen LogP contribution >= 0.6 is 0 Å². The zero-order chi connectivity index (χ0) is 15.3. The lowest BCUT2D eigenvalue weighted by atomic mass is 10.2. The third kappa shape index (κ3) is 3.87. The number of pyridine rings is 1. The number of nitrogens with zero attached hydrogens (tertiary/aromatic N) is 2. The van der Waals surface area contributed by atoms with E-state index in [1.165, 1.54) is 16.6 Å². The number of hydrogen-bond acceptors (Lipinski definition) is 4. The van der Waals surface area contributed by atoms with Crippen LogP contribution in [0, 0.1) is 0 Å². The zero-order valence-electron chi connectivity index (χ0n) is 11.9. The van der Waals surface area contributed by atoms with Crippen LogP contribution in [0.25, 0.3) is 0 Å². The van der Waals surface area contributed by atoms with Crippen LogP contribution in [0.5, 0.6) is 0 Å². The van der Waals surface area contributed by atoms with E-state index >= 15 is 0 Å². The van der Waals surface area contributed by atoms with Gasteiger partial charge in [-0.3, -0.25) is 0 Å². The van der Waals surface area contributed by atoms with Gasteiger partial charge in [0.25, 0.3) is 10.0 Å². The normalized spacial score (nSPS) is 11.8. The molecule has 1 heterocycles. The highest BCUT2D eigenvalue weighted by molar-refractivity contribution is 7.89. The molecule has 6 heteroatoms. The van der Waals surface area contributed by atoms with Gasteiger partial charge in [0.1, 0.15) is 0 Å². The molecular weight excluding hydrogens is 286 g/mol. The van der Waals surface area contributed by atoms with E-state index in [9.17, 15) is 8.42 Å². The molecule has 0 aliphatic carbocycles. The molecule has 0 radical (unpaired) electrons. The lowest BCUT2D eigenvalue weighted by Gasteiger charge is -2.16. The highest BCUT2D eigenvalue weighted by Crippen LogP contribution is 2.13. The minimum absolute atomic E-state index is 0.0512. The molecule has 0 bridgehead atoms. The van der Waals surface area contributed by atoms with Crippen LogP contribution in [-0.2, 0) is 23.0 Å². The molecule has 5 nitrogen and oxygen atoms in total. The van der Waals surface area contributed by atoms with Crippen molar-refractivity contribution in [1.29, 1.82) is 0 Å². The van der Waals surface area contributed by atoms with Crippen molar-refractivity contribution in [2.45, 2.75) is 18.0 Å². The summed E-state index contributed by atoms with van der Waals surface area (Å²) in [5, 5.41) is 0.0512. The van der Waals surface area contributed by atoms with Crippen molar-refractivity contribution in [1.82, 2.24) is 9.29 Å². The van der Waals surface area contributed by atoms with Crippen LogP contribution in [0.2, 0.25) is 0 Å². The molecule has 0 aliphatic heterocycles. The first-order chi connectivity index (χ1) is 10.0. The second kappa shape index (κ2) is 6.80. The summed E-state index contributed by atoms with van der Waals surface area (Å²) < 4.78 is 26.1. The molecule has 0 aliphatic rings. The lowest BCUT2D eigenvalue weighted by molar-refractivity contribution is 0.469. The Hall–Kier alpha value is -1.76. The van der Waals surface area contributed by atoms with Gasteiger partial charge in [-0.25, -0.2) is 13.4 Å². The predicted octanol–water partition coefficient (Wildman–Crippen LogP) is 1.40. The first-order valence-corrected chi connectivity index (χ1v) is 8.13. The van der Waals surface area contributed by atoms with Crippen molar-refractivity contribution in [3.8, 4) is 0 Å². The Morgan fingerprint density at radius 2 is 1.81 bits per heavy atom. The van der Waals surface area contributed by atoms with Gasteiger partial charge in [-0.15, -0.1) is 0 Å². The number of rotatable bonds is 6. The second-order valence-corrected chi connectivity index (χ2v) is 6.76. The van der Waals surface area contributed by atoms with E-state index in [0.717, 1.165) is 11.1 Å². The Kier molecular flexibility index (Phi) is 5.06. The molecule has 0 spiro atoms. The lowest BCUT2D eigenvalue weighted by Crippen LogP contribution is -2.29. The zero-order valence-corrected chi connectivity index (χ0v) is 12.8. The molecule has 0 amide bonds. The summed E-state index contributed by atoms with van der Waals surface area (Å²) in [6.07, 6.45) is 2.16. The van der Waals surface area contributed by atoms with E-state index in [1.54, 1.807) is 13.1 Å². The van der Waals surface area contributed by atoms with Gasteiger partial charge in [-0.05, 0) is 23.6 Å². The van der Waals surface area contributed by atoms with Crippen LogP contribution in [0.1, 0.15) is 11.1 Å².